The number of pyridine rings is 1. The van der Waals surface area contributed by atoms with Crippen molar-refractivity contribution in [3.05, 3.63) is 59.9 Å². The van der Waals surface area contributed by atoms with Crippen molar-refractivity contribution in [2.24, 2.45) is 0 Å². The number of nitrogens with zero attached hydrogens (tertiary/aromatic N) is 3. The minimum Gasteiger partial charge on any atom is -0.487 e. The molecule has 2 fully saturated rings. The molecule has 2 aliphatic rings. The van der Waals surface area contributed by atoms with Gasteiger partial charge in [-0.1, -0.05) is 24.3 Å². The summed E-state index contributed by atoms with van der Waals surface area (Å²) in [5, 5.41) is 0. The average molecular weight is 337 g/mol. The third-order valence-electron chi connectivity index (χ3n) is 5.37. The lowest BCUT2D eigenvalue weighted by atomic mass is 10.2. The topological polar surface area (TPSA) is 28.6 Å². The number of likely N-dealkylation sites (tertiary alicyclic amines) is 2. The molecule has 4 rings (SSSR count). The molecule has 2 saturated heterocycles. The lowest BCUT2D eigenvalue weighted by molar-refractivity contribution is 0.227. The molecule has 0 bridgehead atoms. The maximum Gasteiger partial charge on any atom is 0.130 e. The van der Waals surface area contributed by atoms with Crippen LogP contribution in [0.4, 0.5) is 0 Å². The number of benzene rings is 1. The van der Waals surface area contributed by atoms with Gasteiger partial charge < -0.3 is 4.74 Å². The highest BCUT2D eigenvalue weighted by Crippen LogP contribution is 2.25. The number of aromatic nitrogens is 1. The second-order valence-electron chi connectivity index (χ2n) is 7.14. The monoisotopic (exact) mass is 337 g/mol. The van der Waals surface area contributed by atoms with E-state index in [1.165, 1.54) is 51.0 Å². The molecule has 0 amide bonds. The summed E-state index contributed by atoms with van der Waals surface area (Å²) in [5.74, 6) is 0.984. The van der Waals surface area contributed by atoms with Gasteiger partial charge in [-0.2, -0.15) is 0 Å². The normalized spacial score (nSPS) is 21.7. The smallest absolute Gasteiger partial charge is 0.130 e. The molecule has 132 valence electrons. The van der Waals surface area contributed by atoms with E-state index in [0.717, 1.165) is 24.0 Å². The Hall–Kier alpha value is -1.91. The first-order valence-corrected chi connectivity index (χ1v) is 9.45. The summed E-state index contributed by atoms with van der Waals surface area (Å²) in [6.07, 6.45) is 5.87. The Labute approximate surface area is 150 Å². The maximum absolute atomic E-state index is 6.06. The summed E-state index contributed by atoms with van der Waals surface area (Å²) in [6, 6.07) is 15.1. The fourth-order valence-electron chi connectivity index (χ4n) is 4.01. The van der Waals surface area contributed by atoms with Gasteiger partial charge in [-0.05, 0) is 50.6 Å². The second kappa shape index (κ2) is 7.98. The molecular formula is C21H27N3O. The van der Waals surface area contributed by atoms with Crippen LogP contribution in [-0.4, -0.2) is 47.0 Å². The molecule has 0 radical (unpaired) electrons. The van der Waals surface area contributed by atoms with E-state index in [1.807, 2.05) is 30.5 Å². The molecule has 2 aliphatic heterocycles. The SMILES string of the molecule is c1ccc(COc2ccccc2CN2CCC(N3CCCC3)C2)nc1. The lowest BCUT2D eigenvalue weighted by Crippen LogP contribution is -2.35. The van der Waals surface area contributed by atoms with Gasteiger partial charge in [0.15, 0.2) is 0 Å². The van der Waals surface area contributed by atoms with Crippen LogP contribution in [0.25, 0.3) is 0 Å². The Kier molecular flexibility index (Phi) is 5.28. The fraction of sp³-hybridized carbons (Fsp3) is 0.476. The van der Waals surface area contributed by atoms with Gasteiger partial charge in [0.05, 0.1) is 5.69 Å². The van der Waals surface area contributed by atoms with Gasteiger partial charge in [-0.3, -0.25) is 14.8 Å². The van der Waals surface area contributed by atoms with Crippen molar-refractivity contribution in [2.75, 3.05) is 26.2 Å². The minimum absolute atomic E-state index is 0.522. The van der Waals surface area contributed by atoms with Crippen molar-refractivity contribution in [3.8, 4) is 5.75 Å². The highest BCUT2D eigenvalue weighted by molar-refractivity contribution is 5.33. The van der Waals surface area contributed by atoms with Gasteiger partial charge in [-0.15, -0.1) is 0 Å². The Balaban J connectivity index is 1.36. The van der Waals surface area contributed by atoms with Gasteiger partial charge in [0.2, 0.25) is 0 Å². The van der Waals surface area contributed by atoms with Gasteiger partial charge in [0, 0.05) is 37.4 Å². The minimum atomic E-state index is 0.522. The number of hydrogen-bond acceptors (Lipinski definition) is 4. The second-order valence-corrected chi connectivity index (χ2v) is 7.14. The van der Waals surface area contributed by atoms with Crippen LogP contribution in [0, 0.1) is 0 Å². The first-order chi connectivity index (χ1) is 12.4. The van der Waals surface area contributed by atoms with E-state index in [1.54, 1.807) is 0 Å². The summed E-state index contributed by atoms with van der Waals surface area (Å²) in [5.41, 5.74) is 2.24. The van der Waals surface area contributed by atoms with Crippen LogP contribution in [0.1, 0.15) is 30.5 Å². The van der Waals surface area contributed by atoms with E-state index in [9.17, 15) is 0 Å². The molecule has 1 aromatic carbocycles. The fourth-order valence-corrected chi connectivity index (χ4v) is 4.01. The highest BCUT2D eigenvalue weighted by Gasteiger charge is 2.29. The van der Waals surface area contributed by atoms with Crippen molar-refractivity contribution in [1.82, 2.24) is 14.8 Å². The summed E-state index contributed by atoms with van der Waals surface area (Å²) in [6.45, 7) is 6.46. The van der Waals surface area contributed by atoms with Gasteiger partial charge in [-0.25, -0.2) is 0 Å². The maximum atomic E-state index is 6.06. The Morgan fingerprint density at radius 1 is 1.00 bits per heavy atom. The largest absolute Gasteiger partial charge is 0.487 e. The van der Waals surface area contributed by atoms with Crippen LogP contribution in [0.15, 0.2) is 48.7 Å². The van der Waals surface area contributed by atoms with Crippen LogP contribution in [0.3, 0.4) is 0 Å². The molecular weight excluding hydrogens is 310 g/mol. The van der Waals surface area contributed by atoms with Crippen molar-refractivity contribution < 1.29 is 4.74 Å². The molecule has 0 N–H and O–H groups in total. The third kappa shape index (κ3) is 4.20. The Morgan fingerprint density at radius 2 is 1.84 bits per heavy atom. The number of ether oxygens (including phenoxy) is 1. The quantitative estimate of drug-likeness (QED) is 0.808. The average Bonchev–Trinajstić information content (AvgIpc) is 3.33. The summed E-state index contributed by atoms with van der Waals surface area (Å²) in [7, 11) is 0. The van der Waals surface area contributed by atoms with Crippen molar-refractivity contribution >= 4 is 0 Å². The van der Waals surface area contributed by atoms with Crippen molar-refractivity contribution in [3.63, 3.8) is 0 Å². The molecule has 0 spiro atoms. The van der Waals surface area contributed by atoms with Crippen LogP contribution in [-0.2, 0) is 13.2 Å². The highest BCUT2D eigenvalue weighted by atomic mass is 16.5. The molecule has 1 unspecified atom stereocenters. The van der Waals surface area contributed by atoms with E-state index in [0.29, 0.717) is 6.61 Å². The molecule has 1 aromatic heterocycles. The molecule has 25 heavy (non-hydrogen) atoms. The first kappa shape index (κ1) is 16.6. The lowest BCUT2D eigenvalue weighted by Gasteiger charge is -2.24. The summed E-state index contributed by atoms with van der Waals surface area (Å²) in [4.78, 5) is 9.60. The standard InChI is InChI=1S/C21H27N3O/c1-2-9-21(25-17-19-8-3-4-11-22-19)18(7-1)15-23-14-10-20(16-23)24-12-5-6-13-24/h1-4,7-9,11,20H,5-6,10,12-17H2. The van der Waals surface area contributed by atoms with Gasteiger partial charge >= 0.3 is 0 Å². The summed E-state index contributed by atoms with van der Waals surface area (Å²) >= 11 is 0. The Bertz CT molecular complexity index is 670. The number of hydrogen-bond donors (Lipinski definition) is 0. The molecule has 4 nitrogen and oxygen atoms in total. The third-order valence-corrected chi connectivity index (χ3v) is 5.37. The molecule has 0 aliphatic carbocycles. The zero-order valence-corrected chi connectivity index (χ0v) is 14.8. The van der Waals surface area contributed by atoms with E-state index in [-0.39, 0.29) is 0 Å². The van der Waals surface area contributed by atoms with E-state index in [2.05, 4.69) is 33.0 Å². The van der Waals surface area contributed by atoms with Gasteiger partial charge in [0.1, 0.15) is 12.4 Å². The van der Waals surface area contributed by atoms with E-state index < -0.39 is 0 Å². The predicted octanol–water partition coefficient (Wildman–Crippen LogP) is 3.33. The molecule has 3 heterocycles. The first-order valence-electron chi connectivity index (χ1n) is 9.45. The predicted molar refractivity (Wildman–Crippen MR) is 99.5 cm³/mol. The zero-order chi connectivity index (χ0) is 16.9. The van der Waals surface area contributed by atoms with E-state index >= 15 is 0 Å². The molecule has 1 atom stereocenters. The molecule has 4 heteroatoms. The number of para-hydroxylation sites is 1. The van der Waals surface area contributed by atoms with Crippen LogP contribution >= 0.6 is 0 Å². The van der Waals surface area contributed by atoms with Crippen LogP contribution in [0.2, 0.25) is 0 Å². The van der Waals surface area contributed by atoms with Crippen molar-refractivity contribution in [2.45, 2.75) is 38.5 Å². The molecule has 2 aromatic rings. The number of rotatable bonds is 6. The zero-order valence-electron chi connectivity index (χ0n) is 14.8. The molecule has 0 saturated carbocycles. The van der Waals surface area contributed by atoms with Crippen molar-refractivity contribution in [1.29, 1.82) is 0 Å². The van der Waals surface area contributed by atoms with Crippen LogP contribution < -0.4 is 4.74 Å². The van der Waals surface area contributed by atoms with E-state index in [4.69, 9.17) is 4.74 Å². The van der Waals surface area contributed by atoms with Crippen LogP contribution in [0.5, 0.6) is 5.75 Å². The Morgan fingerprint density at radius 3 is 2.68 bits per heavy atom. The van der Waals surface area contributed by atoms with Gasteiger partial charge in [0.25, 0.3) is 0 Å². The summed E-state index contributed by atoms with van der Waals surface area (Å²) < 4.78 is 6.06.